The number of carboxylic acids is 1. The van der Waals surface area contributed by atoms with Gasteiger partial charge in [-0.1, -0.05) is 0 Å². The van der Waals surface area contributed by atoms with E-state index in [0.717, 1.165) is 0 Å². The Kier molecular flexibility index (Phi) is 2.34. The molecule has 0 radical (unpaired) electrons. The van der Waals surface area contributed by atoms with E-state index in [-0.39, 0.29) is 12.5 Å². The van der Waals surface area contributed by atoms with E-state index in [1.165, 1.54) is 0 Å². The molecular weight excluding hydrogens is 158 g/mol. The molecule has 0 aromatic carbocycles. The van der Waals surface area contributed by atoms with Gasteiger partial charge in [0.05, 0.1) is 18.6 Å². The molecular formula is C8H11NO3. The van der Waals surface area contributed by atoms with Crippen LogP contribution in [0.25, 0.3) is 0 Å². The van der Waals surface area contributed by atoms with Crippen molar-refractivity contribution in [2.24, 2.45) is 0 Å². The zero-order valence-corrected chi connectivity index (χ0v) is 6.91. The zero-order chi connectivity index (χ0) is 9.19. The third kappa shape index (κ3) is 1.95. The van der Waals surface area contributed by atoms with E-state index in [0.29, 0.717) is 12.8 Å². The lowest BCUT2D eigenvalue weighted by molar-refractivity contribution is -0.140. The van der Waals surface area contributed by atoms with Gasteiger partial charge in [0.25, 0.3) is 0 Å². The minimum absolute atomic E-state index is 0.00271. The number of hydrogen-bond donors (Lipinski definition) is 1. The molecule has 0 bridgehead atoms. The van der Waals surface area contributed by atoms with Crippen LogP contribution < -0.4 is 0 Å². The Hall–Kier alpha value is -1.08. The quantitative estimate of drug-likeness (QED) is 0.667. The van der Waals surface area contributed by atoms with E-state index in [1.54, 1.807) is 6.92 Å². The number of nitrogens with zero attached hydrogens (tertiary/aromatic N) is 1. The van der Waals surface area contributed by atoms with E-state index in [9.17, 15) is 4.79 Å². The van der Waals surface area contributed by atoms with Crippen molar-refractivity contribution in [2.75, 3.05) is 0 Å². The predicted molar refractivity (Wildman–Crippen MR) is 40.4 cm³/mol. The lowest BCUT2D eigenvalue weighted by Crippen LogP contribution is -2.23. The van der Waals surface area contributed by atoms with Crippen molar-refractivity contribution in [1.29, 1.82) is 5.26 Å². The summed E-state index contributed by atoms with van der Waals surface area (Å²) in [5, 5.41) is 17.1. The highest BCUT2D eigenvalue weighted by molar-refractivity contribution is 5.67. The van der Waals surface area contributed by atoms with Crippen LogP contribution in [0.2, 0.25) is 0 Å². The molecule has 1 aliphatic heterocycles. The van der Waals surface area contributed by atoms with Crippen molar-refractivity contribution in [3.63, 3.8) is 0 Å². The smallest absolute Gasteiger partial charge is 0.305 e. The number of hydrogen-bond acceptors (Lipinski definition) is 3. The van der Waals surface area contributed by atoms with Crippen molar-refractivity contribution < 1.29 is 14.6 Å². The molecule has 4 nitrogen and oxygen atoms in total. The molecule has 0 aliphatic carbocycles. The number of rotatable bonds is 2. The first-order valence-electron chi connectivity index (χ1n) is 3.86. The van der Waals surface area contributed by atoms with Crippen LogP contribution in [0.5, 0.6) is 0 Å². The lowest BCUT2D eigenvalue weighted by Gasteiger charge is -2.14. The topological polar surface area (TPSA) is 70.3 Å². The molecule has 1 saturated heterocycles. The molecule has 1 rings (SSSR count). The average molecular weight is 169 g/mol. The van der Waals surface area contributed by atoms with Gasteiger partial charge in [-0.05, 0) is 19.8 Å². The highest BCUT2D eigenvalue weighted by Gasteiger charge is 2.36. The van der Waals surface area contributed by atoms with Crippen LogP contribution in [0.4, 0.5) is 0 Å². The predicted octanol–water partition coefficient (Wildman–Crippen LogP) is 0.922. The average Bonchev–Trinajstić information content (AvgIpc) is 2.32. The fourth-order valence-corrected chi connectivity index (χ4v) is 1.34. The maximum Gasteiger partial charge on any atom is 0.305 e. The largest absolute Gasteiger partial charge is 0.481 e. The lowest BCUT2D eigenvalue weighted by atomic mass is 10.0. The van der Waals surface area contributed by atoms with Gasteiger partial charge >= 0.3 is 5.97 Å². The normalized spacial score (nSPS) is 34.5. The number of ether oxygens (including phenoxy) is 1. The first-order valence-corrected chi connectivity index (χ1v) is 3.86. The SMILES string of the molecule is CC1(C#N)CCC(CC(=O)O)O1. The van der Waals surface area contributed by atoms with Crippen molar-refractivity contribution >= 4 is 5.97 Å². The van der Waals surface area contributed by atoms with E-state index in [4.69, 9.17) is 15.1 Å². The Morgan fingerprint density at radius 2 is 2.58 bits per heavy atom. The molecule has 2 atom stereocenters. The second kappa shape index (κ2) is 3.11. The van der Waals surface area contributed by atoms with Crippen LogP contribution in [0.15, 0.2) is 0 Å². The summed E-state index contributed by atoms with van der Waals surface area (Å²) < 4.78 is 5.27. The Bertz CT molecular complexity index is 233. The molecule has 0 aromatic heterocycles. The van der Waals surface area contributed by atoms with Crippen LogP contribution >= 0.6 is 0 Å². The van der Waals surface area contributed by atoms with Gasteiger partial charge in [-0.15, -0.1) is 0 Å². The highest BCUT2D eigenvalue weighted by Crippen LogP contribution is 2.30. The number of carbonyl (C=O) groups is 1. The molecule has 66 valence electrons. The molecule has 0 aromatic rings. The monoisotopic (exact) mass is 169 g/mol. The highest BCUT2D eigenvalue weighted by atomic mass is 16.5. The first-order chi connectivity index (χ1) is 5.56. The van der Waals surface area contributed by atoms with Crippen molar-refractivity contribution in [2.45, 2.75) is 37.9 Å². The second-order valence-electron chi connectivity index (χ2n) is 3.22. The molecule has 1 aliphatic rings. The first kappa shape index (κ1) is 9.01. The van der Waals surface area contributed by atoms with Crippen LogP contribution in [-0.4, -0.2) is 22.8 Å². The summed E-state index contributed by atoms with van der Waals surface area (Å²) in [5.74, 6) is -0.873. The van der Waals surface area contributed by atoms with E-state index in [1.807, 2.05) is 6.07 Å². The molecule has 0 spiro atoms. The van der Waals surface area contributed by atoms with Gasteiger partial charge in [0.1, 0.15) is 0 Å². The van der Waals surface area contributed by atoms with Crippen LogP contribution in [-0.2, 0) is 9.53 Å². The van der Waals surface area contributed by atoms with Crippen molar-refractivity contribution in [3.05, 3.63) is 0 Å². The Balaban J connectivity index is 2.47. The molecule has 12 heavy (non-hydrogen) atoms. The summed E-state index contributed by atoms with van der Waals surface area (Å²) in [4.78, 5) is 10.3. The number of nitriles is 1. The number of carboxylic acid groups (broad SMARTS) is 1. The molecule has 0 saturated carbocycles. The van der Waals surface area contributed by atoms with Gasteiger partial charge in [0.2, 0.25) is 0 Å². The molecule has 0 amide bonds. The summed E-state index contributed by atoms with van der Waals surface area (Å²) in [7, 11) is 0. The summed E-state index contributed by atoms with van der Waals surface area (Å²) in [5.41, 5.74) is -0.764. The minimum atomic E-state index is -0.873. The van der Waals surface area contributed by atoms with Crippen LogP contribution in [0.1, 0.15) is 26.2 Å². The minimum Gasteiger partial charge on any atom is -0.481 e. The molecule has 4 heteroatoms. The zero-order valence-electron chi connectivity index (χ0n) is 6.91. The van der Waals surface area contributed by atoms with Crippen molar-refractivity contribution in [1.82, 2.24) is 0 Å². The van der Waals surface area contributed by atoms with Gasteiger partial charge in [0, 0.05) is 0 Å². The van der Waals surface area contributed by atoms with E-state index in [2.05, 4.69) is 0 Å². The van der Waals surface area contributed by atoms with Gasteiger partial charge in [-0.3, -0.25) is 4.79 Å². The standard InChI is InChI=1S/C8H11NO3/c1-8(5-9)3-2-6(12-8)4-7(10)11/h6H,2-4H2,1H3,(H,10,11). The Morgan fingerprint density at radius 3 is 3.00 bits per heavy atom. The van der Waals surface area contributed by atoms with Crippen LogP contribution in [0, 0.1) is 11.3 Å². The summed E-state index contributed by atoms with van der Waals surface area (Å²) >= 11 is 0. The van der Waals surface area contributed by atoms with Gasteiger partial charge in [0.15, 0.2) is 5.60 Å². The molecule has 2 unspecified atom stereocenters. The van der Waals surface area contributed by atoms with Crippen molar-refractivity contribution in [3.8, 4) is 6.07 Å². The fourth-order valence-electron chi connectivity index (χ4n) is 1.34. The van der Waals surface area contributed by atoms with Gasteiger partial charge < -0.3 is 9.84 Å². The van der Waals surface area contributed by atoms with Gasteiger partial charge in [-0.2, -0.15) is 5.26 Å². The summed E-state index contributed by atoms with van der Waals surface area (Å²) in [6, 6.07) is 2.03. The Labute approximate surface area is 70.7 Å². The fraction of sp³-hybridized carbons (Fsp3) is 0.750. The van der Waals surface area contributed by atoms with Gasteiger partial charge in [-0.25, -0.2) is 0 Å². The van der Waals surface area contributed by atoms with Crippen LogP contribution in [0.3, 0.4) is 0 Å². The summed E-state index contributed by atoms with van der Waals surface area (Å²) in [6.07, 6.45) is 1.00. The maximum absolute atomic E-state index is 10.3. The van der Waals surface area contributed by atoms with E-state index < -0.39 is 11.6 Å². The second-order valence-corrected chi connectivity index (χ2v) is 3.22. The third-order valence-corrected chi connectivity index (χ3v) is 2.01. The number of aliphatic carboxylic acids is 1. The van der Waals surface area contributed by atoms with E-state index >= 15 is 0 Å². The Morgan fingerprint density at radius 1 is 1.92 bits per heavy atom. The molecule has 1 N–H and O–H groups in total. The summed E-state index contributed by atoms with van der Waals surface area (Å²) in [6.45, 7) is 1.69. The molecule has 1 heterocycles. The third-order valence-electron chi connectivity index (χ3n) is 2.01. The maximum atomic E-state index is 10.3. The molecule has 1 fully saturated rings.